The Bertz CT molecular complexity index is 143. The Labute approximate surface area is 52.9 Å². The van der Waals surface area contributed by atoms with Gasteiger partial charge in [0.25, 0.3) is 0 Å². The van der Waals surface area contributed by atoms with Crippen LogP contribution < -0.4 is 0 Å². The summed E-state index contributed by atoms with van der Waals surface area (Å²) in [6.45, 7) is 0.513. The second kappa shape index (κ2) is 1.80. The van der Waals surface area contributed by atoms with E-state index < -0.39 is 6.10 Å². The van der Waals surface area contributed by atoms with Crippen LogP contribution in [0.4, 0.5) is 0 Å². The van der Waals surface area contributed by atoms with E-state index in [2.05, 4.69) is 0 Å². The summed E-state index contributed by atoms with van der Waals surface area (Å²) < 4.78 is 10.2. The molecule has 1 saturated heterocycles. The van der Waals surface area contributed by atoms with Crippen molar-refractivity contribution in [1.82, 2.24) is 0 Å². The Balaban J connectivity index is 2.19. The molecule has 0 spiro atoms. The Kier molecular flexibility index (Phi) is 1.08. The molecule has 2 rings (SSSR count). The van der Waals surface area contributed by atoms with Crippen molar-refractivity contribution in [3.63, 3.8) is 0 Å². The molecule has 2 aliphatic rings. The highest BCUT2D eigenvalue weighted by atomic mass is 16.7. The first-order valence-electron chi connectivity index (χ1n) is 3.00. The van der Waals surface area contributed by atoms with Crippen LogP contribution in [0, 0.1) is 0 Å². The van der Waals surface area contributed by atoms with Crippen molar-refractivity contribution in [2.75, 3.05) is 6.61 Å². The van der Waals surface area contributed by atoms with Crippen LogP contribution in [-0.2, 0) is 9.47 Å². The van der Waals surface area contributed by atoms with Gasteiger partial charge in [-0.15, -0.1) is 0 Å². The third kappa shape index (κ3) is 0.775. The monoisotopic (exact) mass is 128 g/mol. The van der Waals surface area contributed by atoms with Gasteiger partial charge < -0.3 is 14.6 Å². The molecule has 0 saturated carbocycles. The molecule has 50 valence electrons. The summed E-state index contributed by atoms with van der Waals surface area (Å²) in [5.74, 6) is 0. The average Bonchev–Trinajstić information content (AvgIpc) is 2.25. The standard InChI is InChI=1S/C6H8O3/c7-4-1-2-6-8-3-5(4)9-6/h1-2,4-7H,3H2/t4-,5-,6-/m0/s1. The minimum atomic E-state index is -0.469. The van der Waals surface area contributed by atoms with Crippen LogP contribution in [0.25, 0.3) is 0 Å². The predicted octanol–water partition coefficient (Wildman–Crippen LogP) is -0.341. The minimum absolute atomic E-state index is 0.125. The smallest absolute Gasteiger partial charge is 0.177 e. The van der Waals surface area contributed by atoms with E-state index in [9.17, 15) is 0 Å². The summed E-state index contributed by atoms with van der Waals surface area (Å²) in [5, 5.41) is 9.10. The van der Waals surface area contributed by atoms with Gasteiger partial charge in [-0.3, -0.25) is 0 Å². The first-order valence-corrected chi connectivity index (χ1v) is 3.00. The first-order chi connectivity index (χ1) is 4.36. The topological polar surface area (TPSA) is 38.7 Å². The molecule has 2 aliphatic heterocycles. The van der Waals surface area contributed by atoms with Gasteiger partial charge in [-0.25, -0.2) is 0 Å². The molecular weight excluding hydrogens is 120 g/mol. The van der Waals surface area contributed by atoms with Crippen molar-refractivity contribution >= 4 is 0 Å². The molecule has 0 amide bonds. The second-order valence-electron chi connectivity index (χ2n) is 2.25. The van der Waals surface area contributed by atoms with Crippen LogP contribution in [0.15, 0.2) is 12.2 Å². The molecule has 1 N–H and O–H groups in total. The lowest BCUT2D eigenvalue weighted by Crippen LogP contribution is -2.29. The molecule has 0 unspecified atom stereocenters. The van der Waals surface area contributed by atoms with Gasteiger partial charge in [0, 0.05) is 0 Å². The minimum Gasteiger partial charge on any atom is -0.386 e. The molecule has 0 aromatic carbocycles. The van der Waals surface area contributed by atoms with Gasteiger partial charge in [-0.05, 0) is 6.08 Å². The molecule has 0 aromatic heterocycles. The summed E-state index contributed by atoms with van der Waals surface area (Å²) in [6, 6.07) is 0. The number of hydrogen-bond donors (Lipinski definition) is 1. The van der Waals surface area contributed by atoms with E-state index in [-0.39, 0.29) is 12.4 Å². The molecule has 0 radical (unpaired) electrons. The Hall–Kier alpha value is -0.380. The Morgan fingerprint density at radius 2 is 2.33 bits per heavy atom. The number of hydrogen-bond acceptors (Lipinski definition) is 3. The largest absolute Gasteiger partial charge is 0.386 e. The Morgan fingerprint density at radius 3 is 3.11 bits per heavy atom. The van der Waals surface area contributed by atoms with Crippen molar-refractivity contribution in [2.45, 2.75) is 18.5 Å². The summed E-state index contributed by atoms with van der Waals surface area (Å²) in [4.78, 5) is 0. The molecule has 2 bridgehead atoms. The van der Waals surface area contributed by atoms with Crippen LogP contribution in [0.2, 0.25) is 0 Å². The molecule has 3 heteroatoms. The molecule has 2 heterocycles. The summed E-state index contributed by atoms with van der Waals surface area (Å²) in [6.07, 6.45) is 2.65. The van der Waals surface area contributed by atoms with Crippen LogP contribution >= 0.6 is 0 Å². The van der Waals surface area contributed by atoms with Gasteiger partial charge in [-0.1, -0.05) is 6.08 Å². The number of rotatable bonds is 0. The molecular formula is C6H8O3. The van der Waals surface area contributed by atoms with Gasteiger partial charge in [0.2, 0.25) is 0 Å². The fourth-order valence-corrected chi connectivity index (χ4v) is 1.05. The predicted molar refractivity (Wildman–Crippen MR) is 29.8 cm³/mol. The van der Waals surface area contributed by atoms with E-state index in [1.54, 1.807) is 12.2 Å². The number of aliphatic hydroxyl groups is 1. The highest BCUT2D eigenvalue weighted by Crippen LogP contribution is 2.20. The van der Waals surface area contributed by atoms with E-state index in [1.165, 1.54) is 0 Å². The quantitative estimate of drug-likeness (QED) is 0.453. The average molecular weight is 128 g/mol. The van der Waals surface area contributed by atoms with Gasteiger partial charge in [-0.2, -0.15) is 0 Å². The van der Waals surface area contributed by atoms with Crippen molar-refractivity contribution in [1.29, 1.82) is 0 Å². The summed E-state index contributed by atoms with van der Waals surface area (Å²) >= 11 is 0. The Morgan fingerprint density at radius 1 is 1.44 bits per heavy atom. The van der Waals surface area contributed by atoms with Crippen LogP contribution in [-0.4, -0.2) is 30.2 Å². The van der Waals surface area contributed by atoms with Crippen molar-refractivity contribution < 1.29 is 14.6 Å². The maximum atomic E-state index is 9.10. The second-order valence-corrected chi connectivity index (χ2v) is 2.25. The van der Waals surface area contributed by atoms with Crippen LogP contribution in [0.5, 0.6) is 0 Å². The first kappa shape index (κ1) is 5.41. The fraction of sp³-hybridized carbons (Fsp3) is 0.667. The highest BCUT2D eigenvalue weighted by molar-refractivity contribution is 5.02. The van der Waals surface area contributed by atoms with E-state index in [0.717, 1.165) is 0 Å². The van der Waals surface area contributed by atoms with E-state index in [1.807, 2.05) is 0 Å². The molecule has 3 nitrogen and oxygen atoms in total. The van der Waals surface area contributed by atoms with Gasteiger partial charge in [0.15, 0.2) is 6.29 Å². The zero-order valence-electron chi connectivity index (χ0n) is 4.86. The molecule has 0 aromatic rings. The number of aliphatic hydroxyl groups excluding tert-OH is 1. The molecule has 1 fully saturated rings. The van der Waals surface area contributed by atoms with E-state index in [4.69, 9.17) is 14.6 Å². The maximum Gasteiger partial charge on any atom is 0.177 e. The van der Waals surface area contributed by atoms with Crippen molar-refractivity contribution in [2.24, 2.45) is 0 Å². The lowest BCUT2D eigenvalue weighted by atomic mass is 10.2. The SMILES string of the molecule is O[C@H]1C=C[C@H]2OC[C@@H]1O2. The summed E-state index contributed by atoms with van der Waals surface area (Å²) in [7, 11) is 0. The van der Waals surface area contributed by atoms with Gasteiger partial charge >= 0.3 is 0 Å². The highest BCUT2D eigenvalue weighted by Gasteiger charge is 2.32. The fourth-order valence-electron chi connectivity index (χ4n) is 1.05. The van der Waals surface area contributed by atoms with Crippen LogP contribution in [0.3, 0.4) is 0 Å². The van der Waals surface area contributed by atoms with Crippen LogP contribution in [0.1, 0.15) is 0 Å². The van der Waals surface area contributed by atoms with E-state index in [0.29, 0.717) is 6.61 Å². The molecule has 9 heavy (non-hydrogen) atoms. The zero-order valence-corrected chi connectivity index (χ0v) is 4.86. The number of ether oxygens (including phenoxy) is 2. The van der Waals surface area contributed by atoms with Gasteiger partial charge in [0.05, 0.1) is 6.61 Å². The third-order valence-corrected chi connectivity index (χ3v) is 1.58. The van der Waals surface area contributed by atoms with Gasteiger partial charge in [0.1, 0.15) is 12.2 Å². The van der Waals surface area contributed by atoms with Crippen molar-refractivity contribution in [3.05, 3.63) is 12.2 Å². The lowest BCUT2D eigenvalue weighted by molar-refractivity contribution is -0.0529. The third-order valence-electron chi connectivity index (χ3n) is 1.58. The molecule has 3 atom stereocenters. The maximum absolute atomic E-state index is 9.10. The normalized spacial score (nSPS) is 47.9. The summed E-state index contributed by atoms with van der Waals surface area (Å²) in [5.41, 5.74) is 0. The molecule has 0 aliphatic carbocycles. The van der Waals surface area contributed by atoms with Crippen molar-refractivity contribution in [3.8, 4) is 0 Å². The van der Waals surface area contributed by atoms with E-state index >= 15 is 0 Å². The lowest BCUT2D eigenvalue weighted by Gasteiger charge is -2.16. The number of fused-ring (bicyclic) bond motifs is 2. The zero-order chi connectivity index (χ0) is 6.27.